The van der Waals surface area contributed by atoms with Crippen molar-refractivity contribution >= 4 is 5.91 Å². The lowest BCUT2D eigenvalue weighted by Crippen LogP contribution is -2.41. The Bertz CT molecular complexity index is 237. The Hall–Kier alpha value is -1.12. The van der Waals surface area contributed by atoms with Gasteiger partial charge in [0, 0.05) is 19.0 Å². The maximum absolute atomic E-state index is 11.5. The van der Waals surface area contributed by atoms with Gasteiger partial charge in [-0.1, -0.05) is 0 Å². The van der Waals surface area contributed by atoms with Gasteiger partial charge in [-0.15, -0.1) is 0 Å². The quantitative estimate of drug-likeness (QED) is 0.588. The van der Waals surface area contributed by atoms with Crippen LogP contribution < -0.4 is 11.1 Å². The van der Waals surface area contributed by atoms with Crippen LogP contribution in [0.2, 0.25) is 0 Å². The first-order valence-corrected chi connectivity index (χ1v) is 4.73. The molecule has 5 nitrogen and oxygen atoms in total. The molecule has 2 unspecified atom stereocenters. The van der Waals surface area contributed by atoms with Crippen molar-refractivity contribution in [3.05, 3.63) is 0 Å². The van der Waals surface area contributed by atoms with Crippen molar-refractivity contribution in [1.82, 2.24) is 5.32 Å². The van der Waals surface area contributed by atoms with Crippen LogP contribution in [0.5, 0.6) is 0 Å². The van der Waals surface area contributed by atoms with Gasteiger partial charge >= 0.3 is 0 Å². The number of nitriles is 1. The first-order chi connectivity index (χ1) is 6.75. The van der Waals surface area contributed by atoms with Gasteiger partial charge < -0.3 is 15.8 Å². The van der Waals surface area contributed by atoms with Crippen molar-refractivity contribution in [3.63, 3.8) is 0 Å². The van der Waals surface area contributed by atoms with Gasteiger partial charge in [-0.2, -0.15) is 5.26 Å². The predicted octanol–water partition coefficient (Wildman–Crippen LogP) is -0.620. The van der Waals surface area contributed by atoms with E-state index in [4.69, 9.17) is 15.7 Å². The largest absolute Gasteiger partial charge is 0.379 e. The smallest absolute Gasteiger partial charge is 0.227 e. The highest BCUT2D eigenvalue weighted by Crippen LogP contribution is 2.11. The SMILES string of the molecule is N#CCCCNC(=O)C1COCC1N. The molecule has 0 aromatic carbocycles. The first kappa shape index (κ1) is 11.0. The Balaban J connectivity index is 2.18. The topological polar surface area (TPSA) is 88.1 Å². The van der Waals surface area contributed by atoms with Crippen molar-refractivity contribution in [2.45, 2.75) is 18.9 Å². The van der Waals surface area contributed by atoms with Crippen LogP contribution in [0.25, 0.3) is 0 Å². The summed E-state index contributed by atoms with van der Waals surface area (Å²) in [7, 11) is 0. The molecule has 0 radical (unpaired) electrons. The molecule has 78 valence electrons. The summed E-state index contributed by atoms with van der Waals surface area (Å²) in [6.45, 7) is 1.40. The Morgan fingerprint density at radius 1 is 1.64 bits per heavy atom. The zero-order valence-corrected chi connectivity index (χ0v) is 8.03. The second-order valence-electron chi connectivity index (χ2n) is 3.36. The van der Waals surface area contributed by atoms with E-state index in [9.17, 15) is 4.79 Å². The number of nitrogens with zero attached hydrogens (tertiary/aromatic N) is 1. The van der Waals surface area contributed by atoms with E-state index in [0.29, 0.717) is 32.6 Å². The minimum Gasteiger partial charge on any atom is -0.379 e. The molecule has 0 aromatic rings. The summed E-state index contributed by atoms with van der Waals surface area (Å²) in [5.74, 6) is -0.287. The van der Waals surface area contributed by atoms with Crippen LogP contribution in [0.4, 0.5) is 0 Å². The highest BCUT2D eigenvalue weighted by atomic mass is 16.5. The molecule has 0 spiro atoms. The van der Waals surface area contributed by atoms with Gasteiger partial charge in [0.05, 0.1) is 25.2 Å². The summed E-state index contributed by atoms with van der Waals surface area (Å²) in [5, 5.41) is 11.0. The number of amides is 1. The summed E-state index contributed by atoms with van der Waals surface area (Å²) in [5.41, 5.74) is 5.67. The van der Waals surface area contributed by atoms with E-state index in [1.165, 1.54) is 0 Å². The molecule has 1 heterocycles. The summed E-state index contributed by atoms with van der Waals surface area (Å²) >= 11 is 0. The molecule has 0 aromatic heterocycles. The van der Waals surface area contributed by atoms with Crippen LogP contribution in [0, 0.1) is 17.2 Å². The molecular weight excluding hydrogens is 182 g/mol. The van der Waals surface area contributed by atoms with Gasteiger partial charge in [0.25, 0.3) is 0 Å². The Morgan fingerprint density at radius 2 is 2.43 bits per heavy atom. The average Bonchev–Trinajstić information content (AvgIpc) is 2.59. The third-order valence-electron chi connectivity index (χ3n) is 2.23. The van der Waals surface area contributed by atoms with Crippen LogP contribution in [-0.4, -0.2) is 31.7 Å². The van der Waals surface area contributed by atoms with Crippen LogP contribution in [0.15, 0.2) is 0 Å². The first-order valence-electron chi connectivity index (χ1n) is 4.73. The van der Waals surface area contributed by atoms with Crippen molar-refractivity contribution in [2.75, 3.05) is 19.8 Å². The van der Waals surface area contributed by atoms with E-state index >= 15 is 0 Å². The molecule has 1 aliphatic rings. The minimum atomic E-state index is -0.225. The number of nitrogens with one attached hydrogen (secondary N) is 1. The summed E-state index contributed by atoms with van der Waals surface area (Å²) in [6, 6.07) is 1.83. The third-order valence-corrected chi connectivity index (χ3v) is 2.23. The van der Waals surface area contributed by atoms with Crippen molar-refractivity contribution in [1.29, 1.82) is 5.26 Å². The van der Waals surface area contributed by atoms with Crippen LogP contribution in [-0.2, 0) is 9.53 Å². The molecule has 1 amide bonds. The monoisotopic (exact) mass is 197 g/mol. The molecule has 5 heteroatoms. The predicted molar refractivity (Wildman–Crippen MR) is 50.1 cm³/mol. The lowest BCUT2D eigenvalue weighted by atomic mass is 10.0. The molecular formula is C9H15N3O2. The Morgan fingerprint density at radius 3 is 3.00 bits per heavy atom. The van der Waals surface area contributed by atoms with Crippen molar-refractivity contribution in [2.24, 2.45) is 11.7 Å². The number of rotatable bonds is 4. The molecule has 0 aliphatic carbocycles. The van der Waals surface area contributed by atoms with Gasteiger partial charge in [-0.25, -0.2) is 0 Å². The lowest BCUT2D eigenvalue weighted by Gasteiger charge is -2.12. The zero-order valence-electron chi connectivity index (χ0n) is 8.03. The molecule has 1 rings (SSSR count). The van der Waals surface area contributed by atoms with E-state index in [1.54, 1.807) is 0 Å². The van der Waals surface area contributed by atoms with E-state index in [-0.39, 0.29) is 17.9 Å². The number of nitrogens with two attached hydrogens (primary N) is 1. The van der Waals surface area contributed by atoms with Crippen molar-refractivity contribution < 1.29 is 9.53 Å². The molecule has 0 bridgehead atoms. The van der Waals surface area contributed by atoms with E-state index < -0.39 is 0 Å². The lowest BCUT2D eigenvalue weighted by molar-refractivity contribution is -0.125. The number of hydrogen-bond donors (Lipinski definition) is 2. The fraction of sp³-hybridized carbons (Fsp3) is 0.778. The molecule has 0 saturated carbocycles. The maximum atomic E-state index is 11.5. The van der Waals surface area contributed by atoms with Crippen LogP contribution in [0.3, 0.4) is 0 Å². The van der Waals surface area contributed by atoms with Crippen molar-refractivity contribution in [3.8, 4) is 6.07 Å². The van der Waals surface area contributed by atoms with Crippen LogP contribution >= 0.6 is 0 Å². The zero-order chi connectivity index (χ0) is 10.4. The molecule has 2 atom stereocenters. The second kappa shape index (κ2) is 5.58. The number of carbonyl (C=O) groups excluding carboxylic acids is 1. The van der Waals surface area contributed by atoms with Gasteiger partial charge in [0.15, 0.2) is 0 Å². The van der Waals surface area contributed by atoms with Crippen LogP contribution in [0.1, 0.15) is 12.8 Å². The fourth-order valence-corrected chi connectivity index (χ4v) is 1.35. The standard InChI is InChI=1S/C9H15N3O2/c10-3-1-2-4-12-9(13)7-5-14-6-8(7)11/h7-8H,1-2,4-6,11H2,(H,12,13). The molecule has 1 saturated heterocycles. The molecule has 14 heavy (non-hydrogen) atoms. The Labute approximate surface area is 83.2 Å². The summed E-state index contributed by atoms with van der Waals surface area (Å²) < 4.78 is 5.08. The second-order valence-corrected chi connectivity index (χ2v) is 3.36. The number of hydrogen-bond acceptors (Lipinski definition) is 4. The third kappa shape index (κ3) is 2.98. The number of ether oxygens (including phenoxy) is 1. The van der Waals surface area contributed by atoms with E-state index in [2.05, 4.69) is 5.32 Å². The van der Waals surface area contributed by atoms with Gasteiger partial charge in [0.1, 0.15) is 0 Å². The molecule has 3 N–H and O–H groups in total. The average molecular weight is 197 g/mol. The maximum Gasteiger partial charge on any atom is 0.227 e. The minimum absolute atomic E-state index is 0.0621. The van der Waals surface area contributed by atoms with E-state index in [0.717, 1.165) is 0 Å². The van der Waals surface area contributed by atoms with Gasteiger partial charge in [-0.05, 0) is 6.42 Å². The Kier molecular flexibility index (Phi) is 4.36. The number of unbranched alkanes of at least 4 members (excludes halogenated alkanes) is 1. The van der Waals surface area contributed by atoms with Gasteiger partial charge in [0.2, 0.25) is 5.91 Å². The summed E-state index contributed by atoms with van der Waals surface area (Å²) in [4.78, 5) is 11.5. The highest BCUT2D eigenvalue weighted by molar-refractivity contribution is 5.79. The summed E-state index contributed by atoms with van der Waals surface area (Å²) in [6.07, 6.45) is 1.15. The molecule has 1 fully saturated rings. The van der Waals surface area contributed by atoms with Gasteiger partial charge in [-0.3, -0.25) is 4.79 Å². The highest BCUT2D eigenvalue weighted by Gasteiger charge is 2.30. The number of carbonyl (C=O) groups is 1. The fourth-order valence-electron chi connectivity index (χ4n) is 1.35. The molecule has 1 aliphatic heterocycles. The normalized spacial score (nSPS) is 25.7. The van der Waals surface area contributed by atoms with E-state index in [1.807, 2.05) is 6.07 Å².